The average molecular weight is 523 g/mol. The van der Waals surface area contributed by atoms with E-state index in [0.29, 0.717) is 18.8 Å². The standard InChI is InChI=1S/C32H46N2O4/c1-21-10-7-8-13-26(33-31(36)25-11-9-12-25)17-22(2)18-29-32(4,38-29)15-14-30(35)34(5)27-19-24(16-21)20-28(37-6)23(27)3/h7-8,10,19-20,22,25-26,29H,9,11-18H2,1-6H3,(H,33,36)/b8-7+,21-10+. The Balaban J connectivity index is 1.57. The summed E-state index contributed by atoms with van der Waals surface area (Å²) in [6, 6.07) is 4.29. The van der Waals surface area contributed by atoms with Crippen molar-refractivity contribution >= 4 is 17.5 Å². The lowest BCUT2D eigenvalue weighted by molar-refractivity contribution is -0.128. The molecule has 2 amide bonds. The lowest BCUT2D eigenvalue weighted by Gasteiger charge is -2.28. The Hall–Kier alpha value is -2.60. The minimum absolute atomic E-state index is 0.0858. The normalized spacial score (nSPS) is 31.4. The van der Waals surface area contributed by atoms with E-state index in [1.54, 1.807) is 12.0 Å². The van der Waals surface area contributed by atoms with Crippen LogP contribution in [0.25, 0.3) is 0 Å². The van der Waals surface area contributed by atoms with Crippen LogP contribution in [0.15, 0.2) is 35.9 Å². The van der Waals surface area contributed by atoms with Crippen LogP contribution in [0, 0.1) is 18.8 Å². The van der Waals surface area contributed by atoms with Gasteiger partial charge >= 0.3 is 0 Å². The Morgan fingerprint density at radius 1 is 1.21 bits per heavy atom. The summed E-state index contributed by atoms with van der Waals surface area (Å²) in [5.41, 5.74) is 3.93. The first-order valence-electron chi connectivity index (χ1n) is 14.3. The first-order valence-corrected chi connectivity index (χ1v) is 14.3. The molecule has 3 aliphatic rings. The van der Waals surface area contributed by atoms with Crippen molar-refractivity contribution in [3.63, 3.8) is 0 Å². The SMILES string of the molecule is COc1cc2cc(c1C)N(C)C(=O)CCC1(C)OC1CC(C)CC(NC(=O)C1CCC1)C/C=C/C=C(\C)C2. The summed E-state index contributed by atoms with van der Waals surface area (Å²) in [6.07, 6.45) is 14.4. The quantitative estimate of drug-likeness (QED) is 0.490. The number of fused-ring (bicyclic) bond motifs is 3. The Morgan fingerprint density at radius 2 is 1.97 bits per heavy atom. The number of hydrogen-bond acceptors (Lipinski definition) is 4. The van der Waals surface area contributed by atoms with Crippen molar-refractivity contribution in [1.82, 2.24) is 5.32 Å². The molecule has 2 aliphatic heterocycles. The van der Waals surface area contributed by atoms with Gasteiger partial charge in [-0.15, -0.1) is 0 Å². The average Bonchev–Trinajstić information content (AvgIpc) is 3.47. The smallest absolute Gasteiger partial charge is 0.226 e. The Kier molecular flexibility index (Phi) is 9.02. The van der Waals surface area contributed by atoms with Crippen molar-refractivity contribution < 1.29 is 19.1 Å². The van der Waals surface area contributed by atoms with E-state index in [1.165, 1.54) is 5.57 Å². The maximum absolute atomic E-state index is 13.2. The topological polar surface area (TPSA) is 71.2 Å². The zero-order chi connectivity index (χ0) is 27.4. The summed E-state index contributed by atoms with van der Waals surface area (Å²) in [5.74, 6) is 1.70. The zero-order valence-corrected chi connectivity index (χ0v) is 24.1. The van der Waals surface area contributed by atoms with E-state index in [0.717, 1.165) is 67.5 Å². The number of carbonyl (C=O) groups excluding carboxylic acids is 2. The summed E-state index contributed by atoms with van der Waals surface area (Å²) in [6.45, 7) is 8.51. The number of nitrogens with zero attached hydrogens (tertiary/aromatic N) is 1. The predicted molar refractivity (Wildman–Crippen MR) is 153 cm³/mol. The van der Waals surface area contributed by atoms with Crippen molar-refractivity contribution in [2.75, 3.05) is 19.1 Å². The number of ether oxygens (including phenoxy) is 2. The van der Waals surface area contributed by atoms with Gasteiger partial charge < -0.3 is 19.7 Å². The van der Waals surface area contributed by atoms with Crippen LogP contribution in [0.5, 0.6) is 5.75 Å². The van der Waals surface area contributed by atoms with E-state index in [-0.39, 0.29) is 35.5 Å². The third-order valence-corrected chi connectivity index (χ3v) is 8.76. The zero-order valence-electron chi connectivity index (χ0n) is 24.1. The third kappa shape index (κ3) is 6.88. The number of methoxy groups -OCH3 is 1. The maximum atomic E-state index is 13.2. The summed E-state index contributed by atoms with van der Waals surface area (Å²) < 4.78 is 11.8. The summed E-state index contributed by atoms with van der Waals surface area (Å²) in [7, 11) is 3.53. The van der Waals surface area contributed by atoms with Crippen molar-refractivity contribution in [2.45, 2.75) is 103 Å². The molecule has 4 rings (SSSR count). The third-order valence-electron chi connectivity index (χ3n) is 8.76. The number of benzene rings is 1. The van der Waals surface area contributed by atoms with E-state index in [2.05, 4.69) is 56.4 Å². The molecule has 0 spiro atoms. The van der Waals surface area contributed by atoms with E-state index in [1.807, 2.05) is 14.0 Å². The molecule has 1 saturated heterocycles. The number of anilines is 1. The molecule has 6 heteroatoms. The second kappa shape index (κ2) is 12.1. The summed E-state index contributed by atoms with van der Waals surface area (Å²) >= 11 is 0. The van der Waals surface area contributed by atoms with Crippen molar-refractivity contribution in [3.8, 4) is 5.75 Å². The Morgan fingerprint density at radius 3 is 2.66 bits per heavy atom. The highest BCUT2D eigenvalue weighted by Crippen LogP contribution is 2.44. The number of amides is 2. The van der Waals surface area contributed by atoms with Gasteiger partial charge in [0.25, 0.3) is 0 Å². The molecule has 4 atom stereocenters. The monoisotopic (exact) mass is 522 g/mol. The Labute approximate surface area is 228 Å². The van der Waals surface area contributed by atoms with Crippen LogP contribution in [-0.2, 0) is 20.7 Å². The van der Waals surface area contributed by atoms with Gasteiger partial charge in [0.05, 0.1) is 24.5 Å². The van der Waals surface area contributed by atoms with Gasteiger partial charge in [0, 0.05) is 31.0 Å². The fraction of sp³-hybridized carbons (Fsp3) is 0.625. The first kappa shape index (κ1) is 28.4. The molecular weight excluding hydrogens is 476 g/mol. The molecule has 1 aliphatic carbocycles. The minimum Gasteiger partial charge on any atom is -0.496 e. The van der Waals surface area contributed by atoms with Gasteiger partial charge in [0.1, 0.15) is 5.75 Å². The lowest BCUT2D eigenvalue weighted by Crippen LogP contribution is -2.41. The van der Waals surface area contributed by atoms with Crippen LogP contribution in [-0.4, -0.2) is 43.7 Å². The molecule has 208 valence electrons. The van der Waals surface area contributed by atoms with Gasteiger partial charge in [-0.05, 0) is 89.3 Å². The molecule has 1 aromatic rings. The fourth-order valence-corrected chi connectivity index (χ4v) is 5.86. The summed E-state index contributed by atoms with van der Waals surface area (Å²) in [5, 5.41) is 3.35. The highest BCUT2D eigenvalue weighted by Gasteiger charge is 2.52. The fourth-order valence-electron chi connectivity index (χ4n) is 5.86. The van der Waals surface area contributed by atoms with E-state index in [9.17, 15) is 9.59 Å². The molecule has 1 aromatic carbocycles. The van der Waals surface area contributed by atoms with Crippen LogP contribution in [0.3, 0.4) is 0 Å². The van der Waals surface area contributed by atoms with Gasteiger partial charge in [0.2, 0.25) is 11.8 Å². The molecular formula is C32H46N2O4. The van der Waals surface area contributed by atoms with Crippen LogP contribution in [0.2, 0.25) is 0 Å². The molecule has 2 bridgehead atoms. The maximum Gasteiger partial charge on any atom is 0.226 e. The molecule has 0 aromatic heterocycles. The number of epoxide rings is 1. The second-order valence-corrected chi connectivity index (χ2v) is 12.1. The molecule has 2 fully saturated rings. The lowest BCUT2D eigenvalue weighted by atomic mass is 9.84. The minimum atomic E-state index is -0.256. The number of carbonyl (C=O) groups is 2. The van der Waals surface area contributed by atoms with E-state index < -0.39 is 0 Å². The molecule has 6 nitrogen and oxygen atoms in total. The summed E-state index contributed by atoms with van der Waals surface area (Å²) in [4.78, 5) is 27.8. The van der Waals surface area contributed by atoms with Gasteiger partial charge in [-0.1, -0.05) is 37.1 Å². The highest BCUT2D eigenvalue weighted by atomic mass is 16.6. The van der Waals surface area contributed by atoms with Crippen molar-refractivity contribution in [3.05, 3.63) is 47.1 Å². The molecule has 0 radical (unpaired) electrons. The van der Waals surface area contributed by atoms with Gasteiger partial charge in [-0.3, -0.25) is 9.59 Å². The van der Waals surface area contributed by atoms with Crippen molar-refractivity contribution in [1.29, 1.82) is 0 Å². The number of nitrogens with one attached hydrogen (secondary N) is 1. The van der Waals surface area contributed by atoms with E-state index >= 15 is 0 Å². The van der Waals surface area contributed by atoms with Crippen LogP contribution < -0.4 is 15.0 Å². The largest absolute Gasteiger partial charge is 0.496 e. The van der Waals surface area contributed by atoms with Gasteiger partial charge in [0.15, 0.2) is 0 Å². The van der Waals surface area contributed by atoms with Gasteiger partial charge in [-0.2, -0.15) is 0 Å². The molecule has 1 saturated carbocycles. The van der Waals surface area contributed by atoms with E-state index in [4.69, 9.17) is 9.47 Å². The molecule has 4 unspecified atom stereocenters. The molecule has 2 heterocycles. The van der Waals surface area contributed by atoms with Crippen LogP contribution in [0.4, 0.5) is 5.69 Å². The Bertz CT molecular complexity index is 1090. The van der Waals surface area contributed by atoms with Gasteiger partial charge in [-0.25, -0.2) is 0 Å². The predicted octanol–water partition coefficient (Wildman–Crippen LogP) is 6.05. The van der Waals surface area contributed by atoms with Crippen LogP contribution >= 0.6 is 0 Å². The number of rotatable bonds is 3. The molecule has 1 N–H and O–H groups in total. The van der Waals surface area contributed by atoms with Crippen LogP contribution in [0.1, 0.15) is 83.3 Å². The first-order chi connectivity index (χ1) is 18.1. The van der Waals surface area contributed by atoms with Crippen molar-refractivity contribution in [2.24, 2.45) is 11.8 Å². The molecule has 38 heavy (non-hydrogen) atoms. The highest BCUT2D eigenvalue weighted by molar-refractivity contribution is 5.94. The second-order valence-electron chi connectivity index (χ2n) is 12.1. The number of hydrogen-bond donors (Lipinski definition) is 1. The number of allylic oxidation sites excluding steroid dienone is 3.